The van der Waals surface area contributed by atoms with Gasteiger partial charge in [-0.15, -0.1) is 11.3 Å². The van der Waals surface area contributed by atoms with E-state index in [2.05, 4.69) is 5.32 Å². The van der Waals surface area contributed by atoms with Gasteiger partial charge in [0.25, 0.3) is 5.91 Å². The summed E-state index contributed by atoms with van der Waals surface area (Å²) in [4.78, 5) is 25.8. The summed E-state index contributed by atoms with van der Waals surface area (Å²) in [5, 5.41) is 6.54. The van der Waals surface area contributed by atoms with Crippen molar-refractivity contribution < 1.29 is 14.3 Å². The average Bonchev–Trinajstić information content (AvgIpc) is 3.30. The van der Waals surface area contributed by atoms with E-state index in [-0.39, 0.29) is 18.3 Å². The lowest BCUT2D eigenvalue weighted by Gasteiger charge is -2.08. The smallest absolute Gasteiger partial charge is 0.258 e. The third-order valence-electron chi connectivity index (χ3n) is 3.58. The second kappa shape index (κ2) is 8.09. The first kappa shape index (κ1) is 17.4. The number of nitrogens with one attached hydrogen (secondary N) is 1. The number of amides is 1. The first-order valence-electron chi connectivity index (χ1n) is 7.74. The molecule has 0 radical (unpaired) electrons. The number of benzene rings is 1. The first-order chi connectivity index (χ1) is 12.1. The summed E-state index contributed by atoms with van der Waals surface area (Å²) in [5.41, 5.74) is 1.69. The van der Waals surface area contributed by atoms with E-state index in [0.717, 1.165) is 10.4 Å². The van der Waals surface area contributed by atoms with Crippen LogP contribution in [0.25, 0.3) is 0 Å². The van der Waals surface area contributed by atoms with Crippen LogP contribution in [0, 0.1) is 6.92 Å². The Hall–Kier alpha value is -2.44. The number of hydrogen-bond donors (Lipinski definition) is 1. The van der Waals surface area contributed by atoms with Gasteiger partial charge in [0.1, 0.15) is 5.75 Å². The molecule has 3 rings (SSSR count). The number of carbonyl (C=O) groups is 2. The fourth-order valence-electron chi connectivity index (χ4n) is 2.23. The molecule has 0 atom stereocenters. The van der Waals surface area contributed by atoms with Crippen LogP contribution in [0.2, 0.25) is 0 Å². The van der Waals surface area contributed by atoms with Crippen LogP contribution >= 0.6 is 22.7 Å². The monoisotopic (exact) mass is 371 g/mol. The molecule has 6 heteroatoms. The van der Waals surface area contributed by atoms with Crippen molar-refractivity contribution in [3.8, 4) is 5.75 Å². The van der Waals surface area contributed by atoms with E-state index in [1.165, 1.54) is 22.7 Å². The molecule has 3 aromatic rings. The molecule has 0 bridgehead atoms. The number of ketones is 1. The van der Waals surface area contributed by atoms with Crippen LogP contribution in [0.3, 0.4) is 0 Å². The van der Waals surface area contributed by atoms with Gasteiger partial charge in [-0.1, -0.05) is 18.2 Å². The maximum atomic E-state index is 12.3. The zero-order valence-corrected chi connectivity index (χ0v) is 15.3. The highest BCUT2D eigenvalue weighted by molar-refractivity contribution is 7.14. The molecule has 0 spiro atoms. The minimum atomic E-state index is -0.192. The zero-order valence-electron chi connectivity index (χ0n) is 13.7. The number of ether oxygens (including phenoxy) is 1. The van der Waals surface area contributed by atoms with Crippen molar-refractivity contribution in [1.29, 1.82) is 0 Å². The molecule has 0 saturated carbocycles. The van der Waals surface area contributed by atoms with Gasteiger partial charge in [0.15, 0.2) is 6.61 Å². The van der Waals surface area contributed by atoms with Gasteiger partial charge in [0.2, 0.25) is 5.78 Å². The van der Waals surface area contributed by atoms with Crippen LogP contribution in [-0.2, 0) is 11.3 Å². The Morgan fingerprint density at radius 2 is 1.96 bits per heavy atom. The largest absolute Gasteiger partial charge is 0.484 e. The van der Waals surface area contributed by atoms with Crippen molar-refractivity contribution in [2.45, 2.75) is 13.5 Å². The standard InChI is InChI=1S/C19H17NO3S2/c1-13-4-2-3-5-16(13)23-11-18(21)20-10-15-6-7-17(25-15)19(22)14-8-9-24-12-14/h2-9,12H,10-11H2,1H3,(H,20,21). The first-order valence-corrected chi connectivity index (χ1v) is 9.50. The number of carbonyl (C=O) groups excluding carboxylic acids is 2. The molecule has 1 N–H and O–H groups in total. The number of rotatable bonds is 7. The molecule has 0 saturated heterocycles. The molecule has 0 aliphatic heterocycles. The molecule has 25 heavy (non-hydrogen) atoms. The minimum absolute atomic E-state index is 0.0201. The molecular formula is C19H17NO3S2. The predicted molar refractivity (Wildman–Crippen MR) is 101 cm³/mol. The Kier molecular flexibility index (Phi) is 5.63. The van der Waals surface area contributed by atoms with Crippen LogP contribution in [0.5, 0.6) is 5.75 Å². The van der Waals surface area contributed by atoms with Gasteiger partial charge in [0.05, 0.1) is 11.4 Å². The molecule has 1 amide bonds. The number of para-hydroxylation sites is 1. The minimum Gasteiger partial charge on any atom is -0.484 e. The zero-order chi connectivity index (χ0) is 17.6. The summed E-state index contributed by atoms with van der Waals surface area (Å²) >= 11 is 2.90. The number of aryl methyl sites for hydroxylation is 1. The van der Waals surface area contributed by atoms with E-state index >= 15 is 0 Å². The summed E-state index contributed by atoms with van der Waals surface area (Å²) in [6.45, 7) is 2.29. The molecule has 2 aromatic heterocycles. The molecule has 128 valence electrons. The highest BCUT2D eigenvalue weighted by Crippen LogP contribution is 2.21. The van der Waals surface area contributed by atoms with Crippen molar-refractivity contribution in [2.75, 3.05) is 6.61 Å². The molecule has 1 aromatic carbocycles. The third-order valence-corrected chi connectivity index (χ3v) is 5.35. The Labute approximate surface area is 154 Å². The van der Waals surface area contributed by atoms with E-state index in [9.17, 15) is 9.59 Å². The van der Waals surface area contributed by atoms with Gasteiger partial charge in [-0.05, 0) is 42.1 Å². The van der Waals surface area contributed by atoms with Crippen LogP contribution in [0.4, 0.5) is 0 Å². The SMILES string of the molecule is Cc1ccccc1OCC(=O)NCc1ccc(C(=O)c2ccsc2)s1. The van der Waals surface area contributed by atoms with Crippen LogP contribution < -0.4 is 10.1 Å². The summed E-state index contributed by atoms with van der Waals surface area (Å²) < 4.78 is 5.52. The summed E-state index contributed by atoms with van der Waals surface area (Å²) in [6.07, 6.45) is 0. The molecule has 0 unspecified atom stereocenters. The van der Waals surface area contributed by atoms with E-state index in [1.807, 2.05) is 54.1 Å². The lowest BCUT2D eigenvalue weighted by Crippen LogP contribution is -2.28. The second-order valence-corrected chi connectivity index (χ2v) is 7.39. The Morgan fingerprint density at radius 1 is 1.12 bits per heavy atom. The molecule has 0 aliphatic carbocycles. The summed E-state index contributed by atoms with van der Waals surface area (Å²) in [6, 6.07) is 13.1. The van der Waals surface area contributed by atoms with Gasteiger partial charge in [-0.25, -0.2) is 0 Å². The van der Waals surface area contributed by atoms with E-state index in [4.69, 9.17) is 4.74 Å². The van der Waals surface area contributed by atoms with Crippen molar-refractivity contribution in [3.05, 3.63) is 74.1 Å². The average molecular weight is 371 g/mol. The summed E-state index contributed by atoms with van der Waals surface area (Å²) in [5.74, 6) is 0.534. The van der Waals surface area contributed by atoms with Gasteiger partial charge < -0.3 is 10.1 Å². The van der Waals surface area contributed by atoms with Crippen molar-refractivity contribution in [1.82, 2.24) is 5.32 Å². The highest BCUT2D eigenvalue weighted by Gasteiger charge is 2.12. The normalized spacial score (nSPS) is 10.4. The second-order valence-electron chi connectivity index (χ2n) is 5.44. The molecular weight excluding hydrogens is 354 g/mol. The highest BCUT2D eigenvalue weighted by atomic mass is 32.1. The molecule has 2 heterocycles. The lowest BCUT2D eigenvalue weighted by atomic mass is 10.2. The third kappa shape index (κ3) is 4.55. The van der Waals surface area contributed by atoms with Crippen LogP contribution in [0.1, 0.15) is 25.7 Å². The fraction of sp³-hybridized carbons (Fsp3) is 0.158. The van der Waals surface area contributed by atoms with Gasteiger partial charge in [-0.2, -0.15) is 11.3 Å². The molecule has 0 aliphatic rings. The Bertz CT molecular complexity index is 868. The number of thiophene rings is 2. The molecule has 4 nitrogen and oxygen atoms in total. The van der Waals surface area contributed by atoms with Gasteiger partial charge in [0, 0.05) is 15.8 Å². The predicted octanol–water partition coefficient (Wildman–Crippen LogP) is 4.04. The topological polar surface area (TPSA) is 55.4 Å². The van der Waals surface area contributed by atoms with Crippen LogP contribution in [0.15, 0.2) is 53.2 Å². The maximum absolute atomic E-state index is 12.3. The van der Waals surface area contributed by atoms with Crippen LogP contribution in [-0.4, -0.2) is 18.3 Å². The number of hydrogen-bond acceptors (Lipinski definition) is 5. The van der Waals surface area contributed by atoms with Crippen molar-refractivity contribution in [3.63, 3.8) is 0 Å². The molecule has 0 fully saturated rings. The van der Waals surface area contributed by atoms with Gasteiger partial charge in [-0.3, -0.25) is 9.59 Å². The van der Waals surface area contributed by atoms with Gasteiger partial charge >= 0.3 is 0 Å². The van der Waals surface area contributed by atoms with E-state index < -0.39 is 0 Å². The quantitative estimate of drug-likeness (QED) is 0.638. The van der Waals surface area contributed by atoms with Crippen molar-refractivity contribution in [2.24, 2.45) is 0 Å². The van der Waals surface area contributed by atoms with Crippen molar-refractivity contribution >= 4 is 34.4 Å². The van der Waals surface area contributed by atoms with E-state index in [0.29, 0.717) is 22.7 Å². The maximum Gasteiger partial charge on any atom is 0.258 e. The van der Waals surface area contributed by atoms with E-state index in [1.54, 1.807) is 6.07 Å². The summed E-state index contributed by atoms with van der Waals surface area (Å²) in [7, 11) is 0. The fourth-order valence-corrected chi connectivity index (χ4v) is 3.77. The Morgan fingerprint density at radius 3 is 2.72 bits per heavy atom. The lowest BCUT2D eigenvalue weighted by molar-refractivity contribution is -0.123. The Balaban J connectivity index is 1.49.